The molecule has 0 aliphatic carbocycles. The third kappa shape index (κ3) is 4.00. The lowest BCUT2D eigenvalue weighted by molar-refractivity contribution is -0.132. The Hall–Kier alpha value is -2.37. The van der Waals surface area contributed by atoms with Gasteiger partial charge < -0.3 is 9.80 Å². The molecular formula is C19H25N3O3. The first-order chi connectivity index (χ1) is 12.1. The van der Waals surface area contributed by atoms with E-state index in [1.807, 2.05) is 23.1 Å². The summed E-state index contributed by atoms with van der Waals surface area (Å²) < 4.78 is 0. The van der Waals surface area contributed by atoms with Gasteiger partial charge in [0.15, 0.2) is 0 Å². The normalized spacial score (nSPS) is 21.6. The summed E-state index contributed by atoms with van der Waals surface area (Å²) in [5.74, 6) is 0.193. The summed E-state index contributed by atoms with van der Waals surface area (Å²) >= 11 is 0. The fourth-order valence-electron chi connectivity index (χ4n) is 3.83. The number of hydrogen-bond acceptors (Lipinski definition) is 3. The molecule has 6 heteroatoms. The van der Waals surface area contributed by atoms with Crippen molar-refractivity contribution < 1.29 is 14.4 Å². The second kappa shape index (κ2) is 7.68. The Kier molecular flexibility index (Phi) is 5.36. The van der Waals surface area contributed by atoms with E-state index in [0.29, 0.717) is 25.3 Å². The molecule has 0 radical (unpaired) electrons. The Bertz CT molecular complexity index is 647. The SMILES string of the molecule is CC(c1ccccc1)[C@@H]1CCCN1C(=O)CCCN1CC(=O)NC1=O. The lowest BCUT2D eigenvalue weighted by Gasteiger charge is -2.30. The van der Waals surface area contributed by atoms with Gasteiger partial charge in [-0.15, -0.1) is 0 Å². The standard InChI is InChI=1S/C19H25N3O3/c1-14(15-7-3-2-4-8-15)16-9-5-12-22(16)18(24)10-6-11-21-13-17(23)20-19(21)25/h2-4,7-8,14,16H,5-6,9-13H2,1H3,(H,20,23,25)/t14?,16-/m0/s1. The first-order valence-electron chi connectivity index (χ1n) is 8.99. The molecule has 1 N–H and O–H groups in total. The average molecular weight is 343 g/mol. The van der Waals surface area contributed by atoms with Crippen LogP contribution in [-0.2, 0) is 9.59 Å². The summed E-state index contributed by atoms with van der Waals surface area (Å²) in [5, 5.41) is 2.25. The van der Waals surface area contributed by atoms with E-state index in [9.17, 15) is 14.4 Å². The van der Waals surface area contributed by atoms with Crippen LogP contribution in [-0.4, -0.2) is 53.3 Å². The van der Waals surface area contributed by atoms with E-state index in [-0.39, 0.29) is 30.4 Å². The third-order valence-electron chi connectivity index (χ3n) is 5.21. The van der Waals surface area contributed by atoms with Gasteiger partial charge in [-0.1, -0.05) is 37.3 Å². The zero-order valence-electron chi connectivity index (χ0n) is 14.6. The summed E-state index contributed by atoms with van der Waals surface area (Å²) in [6.45, 7) is 3.54. The minimum absolute atomic E-state index is 0.102. The molecule has 2 aliphatic rings. The molecule has 2 aliphatic heterocycles. The highest BCUT2D eigenvalue weighted by atomic mass is 16.2. The van der Waals surface area contributed by atoms with Crippen LogP contribution in [0.5, 0.6) is 0 Å². The van der Waals surface area contributed by atoms with Crippen LogP contribution in [0.4, 0.5) is 4.79 Å². The summed E-state index contributed by atoms with van der Waals surface area (Å²) in [5.41, 5.74) is 1.26. The highest BCUT2D eigenvalue weighted by Gasteiger charge is 2.33. The fraction of sp³-hybridized carbons (Fsp3) is 0.526. The Morgan fingerprint density at radius 3 is 2.72 bits per heavy atom. The zero-order chi connectivity index (χ0) is 17.8. The second-order valence-electron chi connectivity index (χ2n) is 6.87. The topological polar surface area (TPSA) is 69.7 Å². The van der Waals surface area contributed by atoms with Gasteiger partial charge in [0.05, 0.1) is 0 Å². The van der Waals surface area contributed by atoms with Crippen LogP contribution < -0.4 is 5.32 Å². The summed E-state index contributed by atoms with van der Waals surface area (Å²) in [4.78, 5) is 38.8. The zero-order valence-corrected chi connectivity index (χ0v) is 14.6. The number of nitrogens with one attached hydrogen (secondary N) is 1. The predicted molar refractivity (Wildman–Crippen MR) is 93.9 cm³/mol. The number of imide groups is 1. The Labute approximate surface area is 148 Å². The molecule has 1 unspecified atom stereocenters. The number of amides is 4. The smallest absolute Gasteiger partial charge is 0.324 e. The largest absolute Gasteiger partial charge is 0.339 e. The van der Waals surface area contributed by atoms with E-state index < -0.39 is 0 Å². The van der Waals surface area contributed by atoms with Gasteiger partial charge in [-0.05, 0) is 24.8 Å². The van der Waals surface area contributed by atoms with E-state index in [0.717, 1.165) is 19.4 Å². The van der Waals surface area contributed by atoms with E-state index in [4.69, 9.17) is 0 Å². The Balaban J connectivity index is 1.52. The van der Waals surface area contributed by atoms with Gasteiger partial charge in [-0.2, -0.15) is 0 Å². The van der Waals surface area contributed by atoms with Gasteiger partial charge >= 0.3 is 6.03 Å². The number of benzene rings is 1. The molecule has 2 heterocycles. The molecular weight excluding hydrogens is 318 g/mol. The molecule has 4 amide bonds. The summed E-state index contributed by atoms with van der Waals surface area (Å²) in [6, 6.07) is 10.2. The maximum atomic E-state index is 12.7. The molecule has 0 saturated carbocycles. The molecule has 1 aromatic carbocycles. The van der Waals surface area contributed by atoms with Crippen molar-refractivity contribution in [1.82, 2.24) is 15.1 Å². The second-order valence-corrected chi connectivity index (χ2v) is 6.87. The van der Waals surface area contributed by atoms with Crippen molar-refractivity contribution in [2.75, 3.05) is 19.6 Å². The van der Waals surface area contributed by atoms with E-state index in [1.165, 1.54) is 10.5 Å². The molecule has 3 rings (SSSR count). The van der Waals surface area contributed by atoms with Crippen molar-refractivity contribution in [2.45, 2.75) is 44.6 Å². The van der Waals surface area contributed by atoms with Crippen molar-refractivity contribution in [3.8, 4) is 0 Å². The van der Waals surface area contributed by atoms with E-state index in [2.05, 4.69) is 24.4 Å². The lowest BCUT2D eigenvalue weighted by atomic mass is 9.91. The van der Waals surface area contributed by atoms with Crippen molar-refractivity contribution >= 4 is 17.8 Å². The third-order valence-corrected chi connectivity index (χ3v) is 5.21. The van der Waals surface area contributed by atoms with Crippen LogP contribution in [0.3, 0.4) is 0 Å². The van der Waals surface area contributed by atoms with Gasteiger partial charge in [0.2, 0.25) is 11.8 Å². The van der Waals surface area contributed by atoms with Gasteiger partial charge in [-0.3, -0.25) is 14.9 Å². The predicted octanol–water partition coefficient (Wildman–Crippen LogP) is 2.11. The molecule has 2 saturated heterocycles. The monoisotopic (exact) mass is 343 g/mol. The van der Waals surface area contributed by atoms with Crippen LogP contribution in [0.15, 0.2) is 30.3 Å². The minimum Gasteiger partial charge on any atom is -0.339 e. The number of nitrogens with zero attached hydrogens (tertiary/aromatic N) is 2. The van der Waals surface area contributed by atoms with Crippen LogP contribution in [0.25, 0.3) is 0 Å². The summed E-state index contributed by atoms with van der Waals surface area (Å²) in [6.07, 6.45) is 3.07. The van der Waals surface area contributed by atoms with Gasteiger partial charge in [0, 0.05) is 31.5 Å². The highest BCUT2D eigenvalue weighted by Crippen LogP contribution is 2.31. The van der Waals surface area contributed by atoms with Crippen LogP contribution in [0.1, 0.15) is 44.1 Å². The lowest BCUT2D eigenvalue weighted by Crippen LogP contribution is -2.39. The molecule has 1 aromatic rings. The van der Waals surface area contributed by atoms with Gasteiger partial charge in [0.25, 0.3) is 0 Å². The quantitative estimate of drug-likeness (QED) is 0.804. The molecule has 134 valence electrons. The number of hydrogen-bond donors (Lipinski definition) is 1. The van der Waals surface area contributed by atoms with Gasteiger partial charge in [-0.25, -0.2) is 4.79 Å². The average Bonchev–Trinajstić information content (AvgIpc) is 3.21. The maximum Gasteiger partial charge on any atom is 0.324 e. The maximum absolute atomic E-state index is 12.7. The molecule has 0 bridgehead atoms. The Morgan fingerprint density at radius 1 is 1.28 bits per heavy atom. The number of carbonyl (C=O) groups is 3. The Morgan fingerprint density at radius 2 is 2.04 bits per heavy atom. The van der Waals surface area contributed by atoms with Gasteiger partial charge in [0.1, 0.15) is 6.54 Å². The van der Waals surface area contributed by atoms with Crippen molar-refractivity contribution in [3.05, 3.63) is 35.9 Å². The van der Waals surface area contributed by atoms with E-state index in [1.54, 1.807) is 0 Å². The highest BCUT2D eigenvalue weighted by molar-refractivity contribution is 6.01. The first-order valence-corrected chi connectivity index (χ1v) is 8.99. The molecule has 0 aromatic heterocycles. The molecule has 2 atom stereocenters. The van der Waals surface area contributed by atoms with Crippen molar-refractivity contribution in [2.24, 2.45) is 0 Å². The molecule has 2 fully saturated rings. The number of carbonyl (C=O) groups excluding carboxylic acids is 3. The fourth-order valence-corrected chi connectivity index (χ4v) is 3.83. The van der Waals surface area contributed by atoms with Crippen LogP contribution >= 0.6 is 0 Å². The van der Waals surface area contributed by atoms with Crippen molar-refractivity contribution in [3.63, 3.8) is 0 Å². The first kappa shape index (κ1) is 17.5. The van der Waals surface area contributed by atoms with Crippen LogP contribution in [0.2, 0.25) is 0 Å². The van der Waals surface area contributed by atoms with Crippen molar-refractivity contribution in [1.29, 1.82) is 0 Å². The molecule has 0 spiro atoms. The molecule has 25 heavy (non-hydrogen) atoms. The number of likely N-dealkylation sites (tertiary alicyclic amines) is 1. The van der Waals surface area contributed by atoms with Crippen LogP contribution in [0, 0.1) is 0 Å². The number of urea groups is 1. The molecule has 6 nitrogen and oxygen atoms in total. The minimum atomic E-state index is -0.353. The summed E-state index contributed by atoms with van der Waals surface area (Å²) in [7, 11) is 0. The number of rotatable bonds is 6. The van der Waals surface area contributed by atoms with E-state index >= 15 is 0 Å².